The lowest BCUT2D eigenvalue weighted by Crippen LogP contribution is -2.22. The molecule has 0 spiro atoms. The number of hydrogen-bond acceptors (Lipinski definition) is 5. The van der Waals surface area contributed by atoms with Crippen LogP contribution in [0.3, 0.4) is 0 Å². The normalized spacial score (nSPS) is 12.9. The molecule has 1 N–H and O–H groups in total. The first-order valence-electron chi connectivity index (χ1n) is 10.1. The monoisotopic (exact) mass is 460 g/mol. The predicted molar refractivity (Wildman–Crippen MR) is 126 cm³/mol. The standard InChI is InChI=1S/C25H17ClN2O5/c26-19-13-15(14-21-23(19)33-12-11-32-21)5-10-22-27-20-4-2-1-3-18(20)24(29)28(22)17-8-6-16(7-9-17)25(30)31/h1-10,13-14H,11-12H2,(H,30,31)/b10-5+. The number of aromatic carboxylic acids is 1. The van der Waals surface area contributed by atoms with Crippen LogP contribution in [0.25, 0.3) is 28.7 Å². The number of nitrogens with zero attached hydrogens (tertiary/aromatic N) is 2. The molecule has 33 heavy (non-hydrogen) atoms. The Bertz CT molecular complexity index is 1480. The van der Waals surface area contributed by atoms with Gasteiger partial charge in [0.1, 0.15) is 19.0 Å². The summed E-state index contributed by atoms with van der Waals surface area (Å²) < 4.78 is 12.6. The third-order valence-electron chi connectivity index (χ3n) is 5.22. The number of fused-ring (bicyclic) bond motifs is 2. The fraction of sp³-hybridized carbons (Fsp3) is 0.0800. The summed E-state index contributed by atoms with van der Waals surface area (Å²) in [7, 11) is 0. The van der Waals surface area contributed by atoms with E-state index in [0.29, 0.717) is 52.2 Å². The van der Waals surface area contributed by atoms with Crippen molar-refractivity contribution in [2.45, 2.75) is 0 Å². The van der Waals surface area contributed by atoms with Gasteiger partial charge in [-0.3, -0.25) is 9.36 Å². The van der Waals surface area contributed by atoms with Crippen LogP contribution in [-0.2, 0) is 0 Å². The van der Waals surface area contributed by atoms with E-state index in [2.05, 4.69) is 4.98 Å². The molecule has 2 heterocycles. The van der Waals surface area contributed by atoms with Crippen LogP contribution >= 0.6 is 11.6 Å². The third kappa shape index (κ3) is 3.94. The number of aromatic nitrogens is 2. The van der Waals surface area contributed by atoms with E-state index in [4.69, 9.17) is 21.1 Å². The van der Waals surface area contributed by atoms with E-state index < -0.39 is 5.97 Å². The van der Waals surface area contributed by atoms with Gasteiger partial charge >= 0.3 is 5.97 Å². The maximum absolute atomic E-state index is 13.3. The number of ether oxygens (including phenoxy) is 2. The summed E-state index contributed by atoms with van der Waals surface area (Å²) in [6, 6.07) is 16.7. The first kappa shape index (κ1) is 20.8. The van der Waals surface area contributed by atoms with E-state index in [1.165, 1.54) is 16.7 Å². The highest BCUT2D eigenvalue weighted by Gasteiger charge is 2.16. The van der Waals surface area contributed by atoms with Crippen LogP contribution in [0.15, 0.2) is 65.5 Å². The van der Waals surface area contributed by atoms with Gasteiger partial charge in [0, 0.05) is 0 Å². The van der Waals surface area contributed by atoms with Crippen molar-refractivity contribution in [1.29, 1.82) is 0 Å². The largest absolute Gasteiger partial charge is 0.486 e. The zero-order valence-electron chi connectivity index (χ0n) is 17.2. The van der Waals surface area contributed by atoms with Crippen LogP contribution in [0.5, 0.6) is 11.5 Å². The van der Waals surface area contributed by atoms with Gasteiger partial charge < -0.3 is 14.6 Å². The lowest BCUT2D eigenvalue weighted by atomic mass is 10.1. The summed E-state index contributed by atoms with van der Waals surface area (Å²) in [5, 5.41) is 10.1. The quantitative estimate of drug-likeness (QED) is 0.475. The number of rotatable bonds is 4. The Hall–Kier alpha value is -4.10. The van der Waals surface area contributed by atoms with Crippen molar-refractivity contribution in [1.82, 2.24) is 9.55 Å². The Morgan fingerprint density at radius 1 is 1.03 bits per heavy atom. The van der Waals surface area contributed by atoms with Crippen LogP contribution < -0.4 is 15.0 Å². The fourth-order valence-corrected chi connectivity index (χ4v) is 3.94. The number of benzene rings is 3. The van der Waals surface area contributed by atoms with Crippen molar-refractivity contribution in [3.63, 3.8) is 0 Å². The third-order valence-corrected chi connectivity index (χ3v) is 5.50. The van der Waals surface area contributed by atoms with E-state index in [0.717, 1.165) is 5.56 Å². The molecule has 0 aliphatic carbocycles. The maximum atomic E-state index is 13.3. The van der Waals surface area contributed by atoms with Gasteiger partial charge in [-0.2, -0.15) is 0 Å². The Kier molecular flexibility index (Phi) is 5.32. The molecule has 0 fully saturated rings. The van der Waals surface area contributed by atoms with Crippen molar-refractivity contribution in [2.24, 2.45) is 0 Å². The summed E-state index contributed by atoms with van der Waals surface area (Å²) in [5.74, 6) is 0.412. The summed E-state index contributed by atoms with van der Waals surface area (Å²) in [6.07, 6.45) is 3.49. The van der Waals surface area contributed by atoms with Gasteiger partial charge in [0.25, 0.3) is 5.56 Å². The van der Waals surface area contributed by atoms with E-state index in [-0.39, 0.29) is 11.1 Å². The second kappa shape index (κ2) is 8.44. The van der Waals surface area contributed by atoms with Crippen molar-refractivity contribution in [3.05, 3.63) is 93.0 Å². The van der Waals surface area contributed by atoms with Gasteiger partial charge in [0.2, 0.25) is 0 Å². The molecule has 0 radical (unpaired) electrons. The molecule has 5 rings (SSSR count). The van der Waals surface area contributed by atoms with Gasteiger partial charge in [0.05, 0.1) is 27.2 Å². The number of para-hydroxylation sites is 1. The molecule has 3 aromatic carbocycles. The number of carbonyl (C=O) groups is 1. The molecule has 1 aliphatic rings. The minimum atomic E-state index is -1.04. The van der Waals surface area contributed by atoms with Gasteiger partial charge in [-0.1, -0.05) is 29.8 Å². The van der Waals surface area contributed by atoms with Crippen LogP contribution in [-0.4, -0.2) is 33.8 Å². The molecule has 1 aromatic heterocycles. The van der Waals surface area contributed by atoms with Crippen LogP contribution in [0.4, 0.5) is 0 Å². The Balaban J connectivity index is 1.64. The molecule has 0 amide bonds. The maximum Gasteiger partial charge on any atom is 0.335 e. The van der Waals surface area contributed by atoms with E-state index in [1.807, 2.05) is 12.1 Å². The highest BCUT2D eigenvalue weighted by Crippen LogP contribution is 2.38. The van der Waals surface area contributed by atoms with Crippen LogP contribution in [0, 0.1) is 0 Å². The molecular weight excluding hydrogens is 444 g/mol. The van der Waals surface area contributed by atoms with Crippen molar-refractivity contribution >= 4 is 40.6 Å². The Morgan fingerprint density at radius 2 is 1.79 bits per heavy atom. The predicted octanol–water partition coefficient (Wildman–Crippen LogP) is 4.68. The molecule has 0 saturated carbocycles. The number of carboxylic acids is 1. The Morgan fingerprint density at radius 3 is 2.58 bits per heavy atom. The molecule has 1 aliphatic heterocycles. The van der Waals surface area contributed by atoms with E-state index in [1.54, 1.807) is 48.6 Å². The summed E-state index contributed by atoms with van der Waals surface area (Å²) in [4.78, 5) is 29.2. The van der Waals surface area contributed by atoms with Crippen molar-refractivity contribution in [3.8, 4) is 17.2 Å². The van der Waals surface area contributed by atoms with Gasteiger partial charge in [-0.25, -0.2) is 9.78 Å². The molecule has 4 aromatic rings. The second-order valence-corrected chi connectivity index (χ2v) is 7.75. The lowest BCUT2D eigenvalue weighted by molar-refractivity contribution is 0.0697. The van der Waals surface area contributed by atoms with Gasteiger partial charge in [0.15, 0.2) is 11.5 Å². The molecular formula is C25H17ClN2O5. The molecule has 0 bridgehead atoms. The Labute approximate surface area is 193 Å². The van der Waals surface area contributed by atoms with Crippen LogP contribution in [0.1, 0.15) is 21.7 Å². The first-order valence-corrected chi connectivity index (χ1v) is 10.5. The topological polar surface area (TPSA) is 90.7 Å². The first-order chi connectivity index (χ1) is 16.0. The lowest BCUT2D eigenvalue weighted by Gasteiger charge is -2.19. The summed E-state index contributed by atoms with van der Waals surface area (Å²) >= 11 is 6.34. The average Bonchev–Trinajstić information content (AvgIpc) is 2.83. The second-order valence-electron chi connectivity index (χ2n) is 7.34. The number of carboxylic acid groups (broad SMARTS) is 1. The van der Waals surface area contributed by atoms with Crippen LogP contribution in [0.2, 0.25) is 5.02 Å². The highest BCUT2D eigenvalue weighted by molar-refractivity contribution is 6.32. The zero-order chi connectivity index (χ0) is 22.9. The SMILES string of the molecule is O=C(O)c1ccc(-n2c(/C=C/c3cc(Cl)c4c(c3)OCCO4)nc3ccccc3c2=O)cc1. The zero-order valence-corrected chi connectivity index (χ0v) is 18.0. The fourth-order valence-electron chi connectivity index (χ4n) is 3.66. The average molecular weight is 461 g/mol. The van der Waals surface area contributed by atoms with E-state index in [9.17, 15) is 14.7 Å². The number of halogens is 1. The summed E-state index contributed by atoms with van der Waals surface area (Å²) in [6.45, 7) is 0.879. The highest BCUT2D eigenvalue weighted by atomic mass is 35.5. The summed E-state index contributed by atoms with van der Waals surface area (Å²) in [5.41, 5.74) is 1.68. The minimum Gasteiger partial charge on any atom is -0.486 e. The molecule has 0 atom stereocenters. The molecule has 164 valence electrons. The molecule has 0 saturated heterocycles. The number of hydrogen-bond donors (Lipinski definition) is 1. The van der Waals surface area contributed by atoms with Gasteiger partial charge in [-0.05, 0) is 60.2 Å². The molecule has 0 unspecified atom stereocenters. The molecule has 7 nitrogen and oxygen atoms in total. The van der Waals surface area contributed by atoms with Gasteiger partial charge in [-0.15, -0.1) is 0 Å². The molecule has 8 heteroatoms. The van der Waals surface area contributed by atoms with Crippen molar-refractivity contribution < 1.29 is 19.4 Å². The van der Waals surface area contributed by atoms with E-state index >= 15 is 0 Å². The van der Waals surface area contributed by atoms with Crippen molar-refractivity contribution in [2.75, 3.05) is 13.2 Å². The minimum absolute atomic E-state index is 0.128. The smallest absolute Gasteiger partial charge is 0.335 e.